The second kappa shape index (κ2) is 6.03. The van der Waals surface area contributed by atoms with Crippen LogP contribution in [-0.2, 0) is 4.74 Å². The zero-order chi connectivity index (χ0) is 15.5. The van der Waals surface area contributed by atoms with Crippen LogP contribution in [0.1, 0.15) is 10.4 Å². The summed E-state index contributed by atoms with van der Waals surface area (Å²) in [7, 11) is 1.35. The number of halogens is 1. The number of carbonyl (C=O) groups is 1. The van der Waals surface area contributed by atoms with Gasteiger partial charge in [0.2, 0.25) is 5.89 Å². The first kappa shape index (κ1) is 14.4. The summed E-state index contributed by atoms with van der Waals surface area (Å²) in [5, 5.41) is 0.616. The summed E-state index contributed by atoms with van der Waals surface area (Å²) in [6.07, 6.45) is 1.55. The third kappa shape index (κ3) is 2.87. The zero-order valence-corrected chi connectivity index (χ0v) is 12.5. The summed E-state index contributed by atoms with van der Waals surface area (Å²) in [6.45, 7) is 0. The Morgan fingerprint density at radius 2 is 1.91 bits per heavy atom. The molecule has 5 heteroatoms. The van der Waals surface area contributed by atoms with Gasteiger partial charge in [-0.3, -0.25) is 0 Å². The first-order chi connectivity index (χ1) is 10.7. The molecule has 0 aliphatic rings. The molecule has 0 saturated carbocycles. The first-order valence-electron chi connectivity index (χ1n) is 6.57. The van der Waals surface area contributed by atoms with E-state index in [1.165, 1.54) is 7.11 Å². The van der Waals surface area contributed by atoms with Crippen LogP contribution in [0.5, 0.6) is 0 Å². The van der Waals surface area contributed by atoms with Gasteiger partial charge in [-0.15, -0.1) is 0 Å². The number of rotatable bonds is 3. The van der Waals surface area contributed by atoms with Gasteiger partial charge in [0, 0.05) is 16.1 Å². The summed E-state index contributed by atoms with van der Waals surface area (Å²) in [4.78, 5) is 16.0. The third-order valence-corrected chi connectivity index (χ3v) is 3.39. The maximum absolute atomic E-state index is 11.6. The van der Waals surface area contributed by atoms with Crippen molar-refractivity contribution in [2.45, 2.75) is 0 Å². The van der Waals surface area contributed by atoms with E-state index in [4.69, 9.17) is 20.8 Å². The second-order valence-corrected chi connectivity index (χ2v) is 5.06. The molecule has 0 unspecified atom stereocenters. The molecule has 0 saturated heterocycles. The lowest BCUT2D eigenvalue weighted by molar-refractivity contribution is 0.0601. The fourth-order valence-corrected chi connectivity index (χ4v) is 2.27. The number of ether oxygens (including phenoxy) is 1. The van der Waals surface area contributed by atoms with Crippen LogP contribution >= 0.6 is 11.6 Å². The van der Waals surface area contributed by atoms with Gasteiger partial charge in [-0.2, -0.15) is 0 Å². The second-order valence-electron chi connectivity index (χ2n) is 4.62. The van der Waals surface area contributed by atoms with Gasteiger partial charge in [0.15, 0.2) is 0 Å². The van der Waals surface area contributed by atoms with Gasteiger partial charge in [-0.05, 0) is 30.3 Å². The standard InChI is InChI=1S/C17H12ClNO3/c1-21-17(20)13-6-2-4-11(8-13)15-10-22-16(19-15)12-5-3-7-14(18)9-12/h2-10H,1H3. The SMILES string of the molecule is COC(=O)c1cccc(-c2coc(-c3cccc(Cl)c3)n2)c1. The quantitative estimate of drug-likeness (QED) is 0.670. The average Bonchev–Trinajstić information content (AvgIpc) is 3.04. The molecule has 110 valence electrons. The van der Waals surface area contributed by atoms with E-state index < -0.39 is 0 Å². The Morgan fingerprint density at radius 3 is 2.68 bits per heavy atom. The van der Waals surface area contributed by atoms with Gasteiger partial charge in [0.05, 0.1) is 12.7 Å². The maximum atomic E-state index is 11.6. The van der Waals surface area contributed by atoms with Gasteiger partial charge in [0.25, 0.3) is 0 Å². The predicted molar refractivity (Wildman–Crippen MR) is 83.7 cm³/mol. The number of nitrogens with zero attached hydrogens (tertiary/aromatic N) is 1. The van der Waals surface area contributed by atoms with E-state index in [0.29, 0.717) is 22.2 Å². The molecule has 0 spiro atoms. The van der Waals surface area contributed by atoms with Crippen LogP contribution in [0.3, 0.4) is 0 Å². The van der Waals surface area contributed by atoms with Crippen molar-refractivity contribution in [3.8, 4) is 22.7 Å². The van der Waals surface area contributed by atoms with E-state index in [-0.39, 0.29) is 5.97 Å². The minimum absolute atomic E-state index is 0.389. The molecule has 2 aromatic carbocycles. The molecule has 3 aromatic rings. The number of oxazole rings is 1. The lowest BCUT2D eigenvalue weighted by Crippen LogP contribution is -2.00. The number of carbonyl (C=O) groups excluding carboxylic acids is 1. The van der Waals surface area contributed by atoms with Crippen LogP contribution in [0.25, 0.3) is 22.7 Å². The molecule has 0 radical (unpaired) electrons. The van der Waals surface area contributed by atoms with Crippen molar-refractivity contribution in [2.75, 3.05) is 7.11 Å². The molecule has 0 fully saturated rings. The zero-order valence-electron chi connectivity index (χ0n) is 11.7. The highest BCUT2D eigenvalue weighted by Gasteiger charge is 2.11. The topological polar surface area (TPSA) is 52.3 Å². The normalized spacial score (nSPS) is 10.5. The Bertz CT molecular complexity index is 826. The molecule has 4 nitrogen and oxygen atoms in total. The van der Waals surface area contributed by atoms with E-state index >= 15 is 0 Å². The van der Waals surface area contributed by atoms with Gasteiger partial charge in [0.1, 0.15) is 12.0 Å². The summed E-state index contributed by atoms with van der Waals surface area (Å²) >= 11 is 5.97. The Hall–Kier alpha value is -2.59. The highest BCUT2D eigenvalue weighted by Crippen LogP contribution is 2.26. The predicted octanol–water partition coefficient (Wildman–Crippen LogP) is 4.45. The maximum Gasteiger partial charge on any atom is 0.337 e. The molecular weight excluding hydrogens is 302 g/mol. The Balaban J connectivity index is 1.96. The molecular formula is C17H12ClNO3. The summed E-state index contributed by atoms with van der Waals surface area (Å²) in [5.74, 6) is 0.0846. The van der Waals surface area contributed by atoms with Crippen LogP contribution in [0.2, 0.25) is 5.02 Å². The highest BCUT2D eigenvalue weighted by molar-refractivity contribution is 6.30. The molecule has 0 aliphatic carbocycles. The molecule has 0 bridgehead atoms. The van der Waals surface area contributed by atoms with Crippen LogP contribution < -0.4 is 0 Å². The van der Waals surface area contributed by atoms with Crippen molar-refractivity contribution in [3.63, 3.8) is 0 Å². The molecule has 3 rings (SSSR count). The number of benzene rings is 2. The molecule has 0 atom stereocenters. The Kier molecular flexibility index (Phi) is 3.94. The van der Waals surface area contributed by atoms with E-state index in [9.17, 15) is 4.79 Å². The van der Waals surface area contributed by atoms with Crippen LogP contribution in [0.4, 0.5) is 0 Å². The molecule has 22 heavy (non-hydrogen) atoms. The fourth-order valence-electron chi connectivity index (χ4n) is 2.08. The smallest absolute Gasteiger partial charge is 0.337 e. The Labute approximate surface area is 132 Å². The van der Waals surface area contributed by atoms with Gasteiger partial charge < -0.3 is 9.15 Å². The summed E-state index contributed by atoms with van der Waals surface area (Å²) < 4.78 is 10.2. The lowest BCUT2D eigenvalue weighted by atomic mass is 10.1. The van der Waals surface area contributed by atoms with E-state index in [0.717, 1.165) is 11.1 Å². The van der Waals surface area contributed by atoms with Gasteiger partial charge in [-0.1, -0.05) is 29.8 Å². The van der Waals surface area contributed by atoms with Crippen molar-refractivity contribution in [1.82, 2.24) is 4.98 Å². The summed E-state index contributed by atoms with van der Waals surface area (Å²) in [6, 6.07) is 14.3. The minimum atomic E-state index is -0.389. The molecule has 0 amide bonds. The molecule has 0 N–H and O–H groups in total. The fraction of sp³-hybridized carbons (Fsp3) is 0.0588. The highest BCUT2D eigenvalue weighted by atomic mass is 35.5. The number of methoxy groups -OCH3 is 1. The molecule has 1 heterocycles. The van der Waals surface area contributed by atoms with E-state index in [1.54, 1.807) is 36.6 Å². The lowest BCUT2D eigenvalue weighted by Gasteiger charge is -2.01. The first-order valence-corrected chi connectivity index (χ1v) is 6.95. The minimum Gasteiger partial charge on any atom is -0.465 e. The number of hydrogen-bond acceptors (Lipinski definition) is 4. The van der Waals surface area contributed by atoms with Crippen LogP contribution in [0.15, 0.2) is 59.2 Å². The van der Waals surface area contributed by atoms with Gasteiger partial charge in [-0.25, -0.2) is 9.78 Å². The number of aromatic nitrogens is 1. The third-order valence-electron chi connectivity index (χ3n) is 3.16. The van der Waals surface area contributed by atoms with E-state index in [1.807, 2.05) is 18.2 Å². The number of hydrogen-bond donors (Lipinski definition) is 0. The molecule has 1 aromatic heterocycles. The van der Waals surface area contributed by atoms with Gasteiger partial charge >= 0.3 is 5.97 Å². The van der Waals surface area contributed by atoms with Crippen molar-refractivity contribution >= 4 is 17.6 Å². The van der Waals surface area contributed by atoms with Crippen molar-refractivity contribution < 1.29 is 13.9 Å². The number of esters is 1. The van der Waals surface area contributed by atoms with Crippen molar-refractivity contribution in [1.29, 1.82) is 0 Å². The largest absolute Gasteiger partial charge is 0.465 e. The van der Waals surface area contributed by atoms with Crippen LogP contribution in [-0.4, -0.2) is 18.1 Å². The average molecular weight is 314 g/mol. The summed E-state index contributed by atoms with van der Waals surface area (Å²) in [5.41, 5.74) is 2.68. The van der Waals surface area contributed by atoms with Crippen molar-refractivity contribution in [2.24, 2.45) is 0 Å². The van der Waals surface area contributed by atoms with Crippen molar-refractivity contribution in [3.05, 3.63) is 65.4 Å². The monoisotopic (exact) mass is 313 g/mol. The molecule has 0 aliphatic heterocycles. The Morgan fingerprint density at radius 1 is 1.14 bits per heavy atom. The van der Waals surface area contributed by atoms with E-state index in [2.05, 4.69) is 4.98 Å². The van der Waals surface area contributed by atoms with Crippen LogP contribution in [0, 0.1) is 0 Å².